The van der Waals surface area contributed by atoms with Crippen LogP contribution in [0.4, 0.5) is 8.78 Å². The van der Waals surface area contributed by atoms with E-state index in [4.69, 9.17) is 9.07 Å². The summed E-state index contributed by atoms with van der Waals surface area (Å²) in [7, 11) is 1.34. The van der Waals surface area contributed by atoms with Crippen molar-refractivity contribution in [2.45, 2.75) is 11.8 Å². The number of rotatable bonds is 5. The van der Waals surface area contributed by atoms with Crippen molar-refractivity contribution in [2.75, 3.05) is 7.11 Å². The summed E-state index contributed by atoms with van der Waals surface area (Å²) in [6, 6.07) is 9.92. The van der Waals surface area contributed by atoms with Crippen LogP contribution in [0, 0.1) is 11.6 Å². The van der Waals surface area contributed by atoms with Gasteiger partial charge in [-0.3, -0.25) is 0 Å². The molecule has 26 heavy (non-hydrogen) atoms. The van der Waals surface area contributed by atoms with E-state index in [1.54, 1.807) is 25.1 Å². The number of carbonyl (C=O) groups is 1. The molecule has 2 aromatic carbocycles. The summed E-state index contributed by atoms with van der Waals surface area (Å²) in [6.07, 6.45) is 1.57. The number of hydrogen-bond donors (Lipinski definition) is 0. The topological polar surface area (TPSA) is 44.8 Å². The fourth-order valence-corrected chi connectivity index (χ4v) is 3.05. The second kappa shape index (κ2) is 7.82. The van der Waals surface area contributed by atoms with Gasteiger partial charge >= 0.3 is 5.97 Å². The van der Waals surface area contributed by atoms with Crippen molar-refractivity contribution in [3.8, 4) is 0 Å². The van der Waals surface area contributed by atoms with Crippen LogP contribution in [0.5, 0.6) is 0 Å². The maximum absolute atomic E-state index is 14.7. The molecule has 0 amide bonds. The molecule has 0 saturated carbocycles. The van der Waals surface area contributed by atoms with Gasteiger partial charge in [0.1, 0.15) is 17.4 Å². The Kier molecular flexibility index (Phi) is 5.51. The quantitative estimate of drug-likeness (QED) is 0.321. The van der Waals surface area contributed by atoms with Crippen LogP contribution < -0.4 is 0 Å². The molecule has 0 spiro atoms. The van der Waals surface area contributed by atoms with Gasteiger partial charge in [-0.1, -0.05) is 18.2 Å². The van der Waals surface area contributed by atoms with Crippen molar-refractivity contribution in [1.82, 2.24) is 0 Å². The van der Waals surface area contributed by atoms with Crippen molar-refractivity contribution in [1.29, 1.82) is 0 Å². The average Bonchev–Trinajstić information content (AvgIpc) is 2.96. The lowest BCUT2D eigenvalue weighted by Crippen LogP contribution is -1.99. The molecule has 3 rings (SSSR count). The van der Waals surface area contributed by atoms with Crippen molar-refractivity contribution in [3.05, 3.63) is 77.1 Å². The van der Waals surface area contributed by atoms with Gasteiger partial charge in [0.05, 0.1) is 24.7 Å². The lowest BCUT2D eigenvalue weighted by atomic mass is 9.94. The zero-order valence-electron chi connectivity index (χ0n) is 13.9. The normalized spacial score (nSPS) is 15.7. The van der Waals surface area contributed by atoms with Crippen LogP contribution in [-0.2, 0) is 18.8 Å². The fraction of sp³-hybridized carbons (Fsp3) is 0.105. The summed E-state index contributed by atoms with van der Waals surface area (Å²) in [5.41, 5.74) is 0.891. The molecule has 0 aliphatic carbocycles. The molecule has 1 aliphatic heterocycles. The highest BCUT2D eigenvalue weighted by molar-refractivity contribution is 7.94. The minimum atomic E-state index is -0.653. The number of carbonyl (C=O) groups excluding carboxylic acids is 1. The Morgan fingerprint density at radius 3 is 2.58 bits per heavy atom. The van der Waals surface area contributed by atoms with Gasteiger partial charge < -0.3 is 4.74 Å². The van der Waals surface area contributed by atoms with E-state index >= 15 is 0 Å². The standard InChI is InChI=1S/C19H14F2O4S/c1-3-16-18(14-8-7-13(10-15(14)21)26-25-23-2)17(19(22)24-16)11-5-4-6-12(20)9-11/h3-10H,1-2H3. The van der Waals surface area contributed by atoms with Gasteiger partial charge in [0, 0.05) is 16.0 Å². The van der Waals surface area contributed by atoms with Gasteiger partial charge in [-0.05, 0) is 42.8 Å². The molecule has 0 N–H and O–H groups in total. The SMILES string of the molecule is CC=C1OC(=O)C(c2cccc(F)c2)=C1c1ccc(SOOC)cc1F. The van der Waals surface area contributed by atoms with Gasteiger partial charge in [-0.2, -0.15) is 4.33 Å². The highest BCUT2D eigenvalue weighted by atomic mass is 32.2. The highest BCUT2D eigenvalue weighted by Gasteiger charge is 2.33. The molecule has 134 valence electrons. The zero-order valence-corrected chi connectivity index (χ0v) is 14.7. The highest BCUT2D eigenvalue weighted by Crippen LogP contribution is 2.41. The Bertz CT molecular complexity index is 922. The number of benzene rings is 2. The predicted molar refractivity (Wildman–Crippen MR) is 93.4 cm³/mol. The summed E-state index contributed by atoms with van der Waals surface area (Å²) >= 11 is 0.851. The first-order valence-corrected chi connectivity index (χ1v) is 8.35. The molecule has 0 unspecified atom stereocenters. The van der Waals surface area contributed by atoms with Crippen LogP contribution in [0.15, 0.2) is 59.2 Å². The molecule has 1 heterocycles. The number of esters is 1. The lowest BCUT2D eigenvalue weighted by Gasteiger charge is -2.09. The van der Waals surface area contributed by atoms with Crippen molar-refractivity contribution >= 4 is 29.2 Å². The number of hydrogen-bond acceptors (Lipinski definition) is 5. The third kappa shape index (κ3) is 3.55. The van der Waals surface area contributed by atoms with E-state index in [0.29, 0.717) is 10.5 Å². The van der Waals surface area contributed by atoms with Gasteiger partial charge in [0.15, 0.2) is 0 Å². The Morgan fingerprint density at radius 2 is 1.92 bits per heavy atom. The first-order valence-electron chi connectivity index (χ1n) is 7.61. The molecular weight excluding hydrogens is 362 g/mol. The largest absolute Gasteiger partial charge is 0.423 e. The summed E-state index contributed by atoms with van der Waals surface area (Å²) in [4.78, 5) is 17.3. The van der Waals surface area contributed by atoms with Crippen LogP contribution in [0.3, 0.4) is 0 Å². The zero-order chi connectivity index (χ0) is 18.7. The minimum Gasteiger partial charge on any atom is -0.423 e. The summed E-state index contributed by atoms with van der Waals surface area (Å²) in [5.74, 6) is -1.50. The van der Waals surface area contributed by atoms with E-state index in [9.17, 15) is 13.6 Å². The summed E-state index contributed by atoms with van der Waals surface area (Å²) < 4.78 is 38.3. The van der Waals surface area contributed by atoms with Crippen LogP contribution in [-0.4, -0.2) is 13.1 Å². The maximum atomic E-state index is 14.7. The van der Waals surface area contributed by atoms with E-state index < -0.39 is 17.6 Å². The fourth-order valence-electron chi connectivity index (χ4n) is 2.63. The Labute approximate surface area is 153 Å². The molecule has 0 aromatic heterocycles. The van der Waals surface area contributed by atoms with Crippen molar-refractivity contribution < 1.29 is 27.5 Å². The first kappa shape index (κ1) is 18.3. The third-order valence-electron chi connectivity index (χ3n) is 3.69. The van der Waals surface area contributed by atoms with Gasteiger partial charge in [-0.15, -0.1) is 0 Å². The number of cyclic esters (lactones) is 1. The molecule has 0 saturated heterocycles. The van der Waals surface area contributed by atoms with E-state index in [2.05, 4.69) is 4.89 Å². The molecule has 0 atom stereocenters. The van der Waals surface area contributed by atoms with Crippen LogP contribution in [0.25, 0.3) is 11.1 Å². The molecular formula is C19H14F2O4S. The van der Waals surface area contributed by atoms with Crippen molar-refractivity contribution in [2.24, 2.45) is 0 Å². The molecule has 0 fully saturated rings. The maximum Gasteiger partial charge on any atom is 0.344 e. The van der Waals surface area contributed by atoms with E-state index in [-0.39, 0.29) is 22.5 Å². The minimum absolute atomic E-state index is 0.116. The van der Waals surface area contributed by atoms with Gasteiger partial charge in [-0.25, -0.2) is 18.5 Å². The lowest BCUT2D eigenvalue weighted by molar-refractivity contribution is -0.160. The predicted octanol–water partition coefficient (Wildman–Crippen LogP) is 4.92. The summed E-state index contributed by atoms with van der Waals surface area (Å²) in [6.45, 7) is 1.67. The first-order chi connectivity index (χ1) is 12.5. The Morgan fingerprint density at radius 1 is 1.12 bits per heavy atom. The number of ether oxygens (including phenoxy) is 1. The van der Waals surface area contributed by atoms with Crippen LogP contribution in [0.1, 0.15) is 18.1 Å². The van der Waals surface area contributed by atoms with Gasteiger partial charge in [0.25, 0.3) is 0 Å². The number of allylic oxidation sites excluding steroid dienone is 2. The molecule has 0 radical (unpaired) electrons. The van der Waals surface area contributed by atoms with Crippen LogP contribution >= 0.6 is 12.0 Å². The summed E-state index contributed by atoms with van der Waals surface area (Å²) in [5, 5.41) is 0. The van der Waals surface area contributed by atoms with E-state index in [1.807, 2.05) is 0 Å². The molecule has 0 bridgehead atoms. The Balaban J connectivity index is 2.16. The van der Waals surface area contributed by atoms with E-state index in [0.717, 1.165) is 12.0 Å². The monoisotopic (exact) mass is 376 g/mol. The average molecular weight is 376 g/mol. The van der Waals surface area contributed by atoms with E-state index in [1.165, 1.54) is 37.4 Å². The van der Waals surface area contributed by atoms with Gasteiger partial charge in [0.2, 0.25) is 0 Å². The molecule has 4 nitrogen and oxygen atoms in total. The second-order valence-corrected chi connectivity index (χ2v) is 6.04. The molecule has 7 heteroatoms. The smallest absolute Gasteiger partial charge is 0.344 e. The molecule has 2 aromatic rings. The third-order valence-corrected chi connectivity index (χ3v) is 4.34. The second-order valence-electron chi connectivity index (χ2n) is 5.26. The molecule has 1 aliphatic rings. The number of halogens is 2. The van der Waals surface area contributed by atoms with Crippen LogP contribution in [0.2, 0.25) is 0 Å². The van der Waals surface area contributed by atoms with Crippen molar-refractivity contribution in [3.63, 3.8) is 0 Å². The Hall–Kier alpha value is -2.48.